The normalized spacial score (nSPS) is 26.6. The highest BCUT2D eigenvalue weighted by Crippen LogP contribution is 2.21. The Morgan fingerprint density at radius 3 is 2.63 bits per heavy atom. The number of guanidine groups is 1. The Bertz CT molecular complexity index is 799. The van der Waals surface area contributed by atoms with Crippen LogP contribution in [0.2, 0.25) is 0 Å². The molecule has 2 unspecified atom stereocenters. The Hall–Kier alpha value is -1.64. The minimum atomic E-state index is -3.16. The van der Waals surface area contributed by atoms with Crippen LogP contribution in [0.5, 0.6) is 0 Å². The standard InChI is InChI=1S/C22H37N5O2S/c1-4-23-22(24-16-21-11-8-13-27(21)30(3,28)29)25-20-12-14-26(18(2)15-20)17-19-9-6-5-7-10-19/h5-7,9-10,18,20-21H,4,8,11-17H2,1-3H3,(H2,23,24,25)/t18?,20?,21-/m1/s1. The molecule has 2 N–H and O–H groups in total. The van der Waals surface area contributed by atoms with E-state index in [1.54, 1.807) is 4.31 Å². The van der Waals surface area contributed by atoms with Gasteiger partial charge in [-0.15, -0.1) is 0 Å². The molecule has 1 aromatic carbocycles. The van der Waals surface area contributed by atoms with Gasteiger partial charge in [0.25, 0.3) is 0 Å². The van der Waals surface area contributed by atoms with Crippen molar-refractivity contribution in [2.75, 3.05) is 32.4 Å². The highest BCUT2D eigenvalue weighted by molar-refractivity contribution is 7.88. The molecule has 0 spiro atoms. The van der Waals surface area contributed by atoms with E-state index in [9.17, 15) is 8.42 Å². The van der Waals surface area contributed by atoms with Crippen LogP contribution in [0.15, 0.2) is 35.3 Å². The summed E-state index contributed by atoms with van der Waals surface area (Å²) in [6, 6.07) is 11.5. The molecule has 0 amide bonds. The Kier molecular flexibility index (Phi) is 8.13. The monoisotopic (exact) mass is 435 g/mol. The second-order valence-corrected chi connectivity index (χ2v) is 10.5. The summed E-state index contributed by atoms with van der Waals surface area (Å²) in [6.07, 6.45) is 5.22. The number of rotatable bonds is 7. The van der Waals surface area contributed by atoms with Gasteiger partial charge < -0.3 is 10.6 Å². The van der Waals surface area contributed by atoms with Gasteiger partial charge in [-0.25, -0.2) is 8.42 Å². The highest BCUT2D eigenvalue weighted by atomic mass is 32.2. The molecule has 30 heavy (non-hydrogen) atoms. The van der Waals surface area contributed by atoms with Crippen molar-refractivity contribution in [1.82, 2.24) is 19.8 Å². The molecule has 2 fully saturated rings. The molecule has 0 radical (unpaired) electrons. The van der Waals surface area contributed by atoms with Gasteiger partial charge in [-0.05, 0) is 45.1 Å². The van der Waals surface area contributed by atoms with Crippen LogP contribution in [0.1, 0.15) is 45.1 Å². The molecule has 3 atom stereocenters. The molecule has 2 aliphatic heterocycles. The minimum Gasteiger partial charge on any atom is -0.357 e. The zero-order valence-electron chi connectivity index (χ0n) is 18.5. The van der Waals surface area contributed by atoms with Gasteiger partial charge >= 0.3 is 0 Å². The first-order valence-corrected chi connectivity index (χ1v) is 13.0. The second kappa shape index (κ2) is 10.6. The third-order valence-electron chi connectivity index (χ3n) is 6.14. The number of hydrogen-bond acceptors (Lipinski definition) is 4. The molecule has 0 aromatic heterocycles. The van der Waals surface area contributed by atoms with Gasteiger partial charge in [-0.2, -0.15) is 4.31 Å². The first-order chi connectivity index (χ1) is 14.4. The van der Waals surface area contributed by atoms with Crippen LogP contribution in [0.4, 0.5) is 0 Å². The highest BCUT2D eigenvalue weighted by Gasteiger charge is 2.31. The predicted molar refractivity (Wildman–Crippen MR) is 123 cm³/mol. The van der Waals surface area contributed by atoms with Gasteiger partial charge in [-0.3, -0.25) is 9.89 Å². The maximum atomic E-state index is 12.0. The van der Waals surface area contributed by atoms with E-state index in [1.165, 1.54) is 11.8 Å². The molecule has 3 rings (SSSR count). The lowest BCUT2D eigenvalue weighted by molar-refractivity contribution is 0.134. The number of piperidine rings is 1. The van der Waals surface area contributed by atoms with Crippen molar-refractivity contribution in [2.45, 2.75) is 64.2 Å². The van der Waals surface area contributed by atoms with Crippen molar-refractivity contribution in [1.29, 1.82) is 0 Å². The molecular formula is C22H37N5O2S. The summed E-state index contributed by atoms with van der Waals surface area (Å²) in [5.74, 6) is 0.798. The van der Waals surface area contributed by atoms with Gasteiger partial charge in [0, 0.05) is 44.3 Å². The van der Waals surface area contributed by atoms with Crippen LogP contribution in [-0.4, -0.2) is 74.1 Å². The van der Waals surface area contributed by atoms with Gasteiger partial charge in [-0.1, -0.05) is 30.3 Å². The maximum absolute atomic E-state index is 12.0. The summed E-state index contributed by atoms with van der Waals surface area (Å²) in [6.45, 7) is 8.30. The smallest absolute Gasteiger partial charge is 0.211 e. The molecule has 2 aliphatic rings. The molecule has 168 valence electrons. The second-order valence-electron chi connectivity index (χ2n) is 8.56. The summed E-state index contributed by atoms with van der Waals surface area (Å²) >= 11 is 0. The number of nitrogens with one attached hydrogen (secondary N) is 2. The summed E-state index contributed by atoms with van der Waals surface area (Å²) in [4.78, 5) is 7.28. The Balaban J connectivity index is 1.54. The van der Waals surface area contributed by atoms with E-state index in [2.05, 4.69) is 59.7 Å². The van der Waals surface area contributed by atoms with E-state index in [0.29, 0.717) is 25.2 Å². The number of aliphatic imine (C=N–C) groups is 1. The number of likely N-dealkylation sites (tertiary alicyclic amines) is 1. The fraction of sp³-hybridized carbons (Fsp3) is 0.682. The lowest BCUT2D eigenvalue weighted by atomic mass is 9.97. The lowest BCUT2D eigenvalue weighted by Crippen LogP contribution is -2.51. The summed E-state index contributed by atoms with van der Waals surface area (Å²) in [7, 11) is -3.16. The number of nitrogens with zero attached hydrogens (tertiary/aromatic N) is 3. The molecule has 8 heteroatoms. The molecule has 1 aromatic rings. The van der Waals surface area contributed by atoms with Crippen molar-refractivity contribution >= 4 is 16.0 Å². The van der Waals surface area contributed by atoms with Crippen molar-refractivity contribution < 1.29 is 8.42 Å². The van der Waals surface area contributed by atoms with Crippen molar-refractivity contribution in [3.05, 3.63) is 35.9 Å². The lowest BCUT2D eigenvalue weighted by Gasteiger charge is -2.38. The van der Waals surface area contributed by atoms with Gasteiger partial charge in [0.2, 0.25) is 10.0 Å². The summed E-state index contributed by atoms with van der Waals surface area (Å²) in [5, 5.41) is 6.92. The van der Waals surface area contributed by atoms with E-state index in [0.717, 1.165) is 51.3 Å². The van der Waals surface area contributed by atoms with Crippen LogP contribution in [0.3, 0.4) is 0 Å². The zero-order valence-corrected chi connectivity index (χ0v) is 19.4. The molecule has 0 aliphatic carbocycles. The largest absolute Gasteiger partial charge is 0.357 e. The topological polar surface area (TPSA) is 77.0 Å². The average Bonchev–Trinajstić information content (AvgIpc) is 3.18. The molecule has 7 nitrogen and oxygen atoms in total. The van der Waals surface area contributed by atoms with Crippen LogP contribution >= 0.6 is 0 Å². The zero-order chi connectivity index (χ0) is 21.6. The Morgan fingerprint density at radius 2 is 1.97 bits per heavy atom. The number of benzene rings is 1. The Labute approximate surface area is 182 Å². The number of hydrogen-bond donors (Lipinski definition) is 2. The fourth-order valence-corrected chi connectivity index (χ4v) is 5.72. The molecule has 0 saturated carbocycles. The third kappa shape index (κ3) is 6.43. The predicted octanol–water partition coefficient (Wildman–Crippen LogP) is 2.02. The van der Waals surface area contributed by atoms with Crippen LogP contribution < -0.4 is 10.6 Å². The van der Waals surface area contributed by atoms with Crippen LogP contribution in [0.25, 0.3) is 0 Å². The number of sulfonamides is 1. The van der Waals surface area contributed by atoms with Gasteiger partial charge in [0.05, 0.1) is 12.8 Å². The summed E-state index contributed by atoms with van der Waals surface area (Å²) < 4.78 is 25.5. The van der Waals surface area contributed by atoms with E-state index in [1.807, 2.05) is 0 Å². The van der Waals surface area contributed by atoms with Crippen molar-refractivity contribution in [3.8, 4) is 0 Å². The first kappa shape index (κ1) is 23.0. The van der Waals surface area contributed by atoms with Crippen molar-refractivity contribution in [2.24, 2.45) is 4.99 Å². The van der Waals surface area contributed by atoms with E-state index < -0.39 is 10.0 Å². The quantitative estimate of drug-likeness (QED) is 0.506. The van der Waals surface area contributed by atoms with E-state index in [4.69, 9.17) is 4.99 Å². The summed E-state index contributed by atoms with van der Waals surface area (Å²) in [5.41, 5.74) is 1.36. The molecule has 2 heterocycles. The van der Waals surface area contributed by atoms with Gasteiger partial charge in [0.15, 0.2) is 5.96 Å². The molecule has 2 saturated heterocycles. The third-order valence-corrected chi connectivity index (χ3v) is 7.47. The van der Waals surface area contributed by atoms with E-state index in [-0.39, 0.29) is 6.04 Å². The first-order valence-electron chi connectivity index (χ1n) is 11.2. The SMILES string of the molecule is CCNC(=NC[C@H]1CCCN1S(C)(=O)=O)NC1CCN(Cc2ccccc2)C(C)C1. The average molecular weight is 436 g/mol. The molecule has 0 bridgehead atoms. The van der Waals surface area contributed by atoms with Crippen LogP contribution in [-0.2, 0) is 16.6 Å². The maximum Gasteiger partial charge on any atom is 0.211 e. The Morgan fingerprint density at radius 1 is 1.20 bits per heavy atom. The minimum absolute atomic E-state index is 0.0258. The van der Waals surface area contributed by atoms with E-state index >= 15 is 0 Å². The van der Waals surface area contributed by atoms with Crippen LogP contribution in [0, 0.1) is 0 Å². The fourth-order valence-electron chi connectivity index (χ4n) is 4.54. The molecular weight excluding hydrogens is 398 g/mol. The van der Waals surface area contributed by atoms with Crippen molar-refractivity contribution in [3.63, 3.8) is 0 Å². The van der Waals surface area contributed by atoms with Gasteiger partial charge in [0.1, 0.15) is 0 Å².